The molecule has 0 bridgehead atoms. The monoisotopic (exact) mass is 532 g/mol. The van der Waals surface area contributed by atoms with E-state index in [-0.39, 0.29) is 44.3 Å². The number of aryl methyl sites for hydroxylation is 2. The van der Waals surface area contributed by atoms with Gasteiger partial charge >= 0.3 is 6.18 Å². The van der Waals surface area contributed by atoms with Crippen LogP contribution in [-0.2, 0) is 36.7 Å². The molecule has 0 aliphatic heterocycles. The highest BCUT2D eigenvalue weighted by atomic mass is 35.5. The van der Waals surface area contributed by atoms with Crippen LogP contribution in [-0.4, -0.2) is 45.1 Å². The summed E-state index contributed by atoms with van der Waals surface area (Å²) in [5.74, 6) is -1.28. The maximum Gasteiger partial charge on any atom is 0.435 e. The molecule has 1 saturated carbocycles. The van der Waals surface area contributed by atoms with Gasteiger partial charge in [-0.3, -0.25) is 4.79 Å². The van der Waals surface area contributed by atoms with E-state index in [1.165, 1.54) is 30.9 Å². The van der Waals surface area contributed by atoms with Crippen molar-refractivity contribution >= 4 is 27.2 Å². The van der Waals surface area contributed by atoms with Gasteiger partial charge in [0.2, 0.25) is 17.5 Å². The first-order valence-electron chi connectivity index (χ1n) is 10.3. The molecule has 2 heterocycles. The molecule has 1 N–H and O–H groups in total. The molecule has 188 valence electrons. The second kappa shape index (κ2) is 8.55. The van der Waals surface area contributed by atoms with Crippen LogP contribution < -0.4 is 4.74 Å². The first-order valence-corrected chi connectivity index (χ1v) is 12.5. The second-order valence-corrected chi connectivity index (χ2v) is 10.6. The van der Waals surface area contributed by atoms with Crippen molar-refractivity contribution in [2.75, 3.05) is 6.26 Å². The zero-order valence-corrected chi connectivity index (χ0v) is 20.3. The number of carbonyl (C=O) groups excluding carboxylic acids is 1. The minimum atomic E-state index is -4.70. The van der Waals surface area contributed by atoms with Crippen molar-refractivity contribution in [3.8, 4) is 11.8 Å². The van der Waals surface area contributed by atoms with Gasteiger partial charge in [-0.15, -0.1) is 0 Å². The number of halogens is 4. The third-order valence-electron chi connectivity index (χ3n) is 5.57. The van der Waals surface area contributed by atoms with E-state index >= 15 is 0 Å². The summed E-state index contributed by atoms with van der Waals surface area (Å²) in [6, 6.07) is 3.06. The fraction of sp³-hybridized carbons (Fsp3) is 0.381. The van der Waals surface area contributed by atoms with Crippen LogP contribution in [0.1, 0.15) is 51.6 Å². The van der Waals surface area contributed by atoms with Crippen molar-refractivity contribution in [2.24, 2.45) is 14.1 Å². The molecule has 4 rings (SSSR count). The van der Waals surface area contributed by atoms with Gasteiger partial charge in [-0.05, 0) is 25.0 Å². The largest absolute Gasteiger partial charge is 0.493 e. The molecular weight excluding hydrogens is 513 g/mol. The SMILES string of the molecule is Cn1nc(C(F)(F)F)cc1OCc1c(S(C)(=O)=O)ccc(C(=O)c2c(C3CC3)nn(C)c2O)c1Cl. The van der Waals surface area contributed by atoms with Crippen molar-refractivity contribution in [3.05, 3.63) is 51.3 Å². The van der Waals surface area contributed by atoms with Crippen LogP contribution in [0, 0.1) is 0 Å². The Morgan fingerprint density at radius 1 is 1.23 bits per heavy atom. The number of sulfone groups is 1. The van der Waals surface area contributed by atoms with E-state index in [1.54, 1.807) is 0 Å². The summed E-state index contributed by atoms with van der Waals surface area (Å²) in [6.07, 6.45) is -2.16. The lowest BCUT2D eigenvalue weighted by Gasteiger charge is -2.14. The molecule has 0 saturated heterocycles. The molecule has 0 amide bonds. The van der Waals surface area contributed by atoms with Gasteiger partial charge in [0.1, 0.15) is 12.2 Å². The quantitative estimate of drug-likeness (QED) is 0.462. The Bertz CT molecular complexity index is 1440. The maximum absolute atomic E-state index is 13.4. The maximum atomic E-state index is 13.4. The number of ether oxygens (including phenoxy) is 1. The zero-order valence-electron chi connectivity index (χ0n) is 18.7. The average Bonchev–Trinajstić information content (AvgIpc) is 3.45. The lowest BCUT2D eigenvalue weighted by Crippen LogP contribution is -2.12. The van der Waals surface area contributed by atoms with Crippen LogP contribution >= 0.6 is 11.6 Å². The standard InChI is InChI=1S/C21H20ClF3N4O5S/c1-28-15(8-14(26-28)21(23,24)25)34-9-12-13(35(3,32)33)7-6-11(17(12)22)19(30)16-18(10-4-5-10)27-29(2)20(16)31/h6-8,10,31H,4-5,9H2,1-3H3. The van der Waals surface area contributed by atoms with Gasteiger partial charge in [-0.1, -0.05) is 11.6 Å². The van der Waals surface area contributed by atoms with E-state index in [2.05, 4.69) is 10.2 Å². The van der Waals surface area contributed by atoms with Crippen molar-refractivity contribution in [3.63, 3.8) is 0 Å². The first-order chi connectivity index (χ1) is 16.2. The Balaban J connectivity index is 1.75. The number of aromatic hydroxyl groups is 1. The Hall–Kier alpha value is -3.06. The molecule has 1 aliphatic rings. The number of benzene rings is 1. The van der Waals surface area contributed by atoms with Gasteiger partial charge in [0.05, 0.1) is 15.6 Å². The Morgan fingerprint density at radius 3 is 2.43 bits per heavy atom. The fourth-order valence-corrected chi connectivity index (χ4v) is 4.95. The van der Waals surface area contributed by atoms with E-state index < -0.39 is 34.1 Å². The lowest BCUT2D eigenvalue weighted by atomic mass is 9.99. The first kappa shape index (κ1) is 25.0. The average molecular weight is 533 g/mol. The summed E-state index contributed by atoms with van der Waals surface area (Å²) < 4.78 is 71.1. The minimum Gasteiger partial charge on any atom is -0.493 e. The molecule has 1 fully saturated rings. The molecule has 3 aromatic rings. The molecule has 1 aliphatic carbocycles. The van der Waals surface area contributed by atoms with Gasteiger partial charge in [0.25, 0.3) is 0 Å². The molecule has 14 heteroatoms. The number of alkyl halides is 3. The van der Waals surface area contributed by atoms with Crippen LogP contribution in [0.15, 0.2) is 23.1 Å². The topological polar surface area (TPSA) is 116 Å². The van der Waals surface area contributed by atoms with Gasteiger partial charge in [0, 0.05) is 43.5 Å². The normalized spacial score (nSPS) is 14.4. The summed E-state index contributed by atoms with van der Waals surface area (Å²) in [7, 11) is -1.14. The molecule has 1 aromatic carbocycles. The second-order valence-electron chi connectivity index (χ2n) is 8.26. The van der Waals surface area contributed by atoms with Gasteiger partial charge in [0.15, 0.2) is 15.5 Å². The van der Waals surface area contributed by atoms with Crippen LogP contribution in [0.3, 0.4) is 0 Å². The molecule has 0 radical (unpaired) electrons. The van der Waals surface area contributed by atoms with Crippen LogP contribution in [0.25, 0.3) is 0 Å². The summed E-state index contributed by atoms with van der Waals surface area (Å²) in [5, 5.41) is 17.7. The molecule has 0 atom stereocenters. The number of hydrogen-bond acceptors (Lipinski definition) is 7. The molecule has 0 spiro atoms. The van der Waals surface area contributed by atoms with E-state index in [1.807, 2.05) is 0 Å². The fourth-order valence-electron chi connectivity index (χ4n) is 3.66. The molecule has 2 aromatic heterocycles. The molecular formula is C21H20ClF3N4O5S. The third-order valence-corrected chi connectivity index (χ3v) is 7.18. The smallest absolute Gasteiger partial charge is 0.435 e. The van der Waals surface area contributed by atoms with Crippen LogP contribution in [0.4, 0.5) is 13.2 Å². The van der Waals surface area contributed by atoms with Crippen molar-refractivity contribution in [1.82, 2.24) is 19.6 Å². The van der Waals surface area contributed by atoms with E-state index in [9.17, 15) is 31.5 Å². The summed E-state index contributed by atoms with van der Waals surface area (Å²) >= 11 is 6.48. The highest BCUT2D eigenvalue weighted by Crippen LogP contribution is 2.44. The Morgan fingerprint density at radius 2 is 1.89 bits per heavy atom. The number of carbonyl (C=O) groups is 1. The van der Waals surface area contributed by atoms with Crippen LogP contribution in [0.5, 0.6) is 11.8 Å². The number of nitrogens with zero attached hydrogens (tertiary/aromatic N) is 4. The summed E-state index contributed by atoms with van der Waals surface area (Å²) in [5.41, 5.74) is -1.02. The zero-order chi connectivity index (χ0) is 25.9. The number of aromatic nitrogens is 4. The van der Waals surface area contributed by atoms with Gasteiger partial charge in [-0.25, -0.2) is 17.8 Å². The third kappa shape index (κ3) is 4.74. The summed E-state index contributed by atoms with van der Waals surface area (Å²) in [4.78, 5) is 13.1. The van der Waals surface area contributed by atoms with Gasteiger partial charge in [-0.2, -0.15) is 23.4 Å². The molecule has 9 nitrogen and oxygen atoms in total. The van der Waals surface area contributed by atoms with Gasteiger partial charge < -0.3 is 9.84 Å². The molecule has 35 heavy (non-hydrogen) atoms. The highest BCUT2D eigenvalue weighted by Gasteiger charge is 2.36. The Kier molecular flexibility index (Phi) is 6.12. The minimum absolute atomic E-state index is 0.0191. The number of rotatable bonds is 7. The number of ketones is 1. The highest BCUT2D eigenvalue weighted by molar-refractivity contribution is 7.90. The van der Waals surface area contributed by atoms with E-state index in [0.717, 1.165) is 23.8 Å². The molecule has 0 unspecified atom stereocenters. The summed E-state index contributed by atoms with van der Waals surface area (Å²) in [6.45, 7) is -0.562. The van der Waals surface area contributed by atoms with E-state index in [0.29, 0.717) is 11.8 Å². The number of hydrogen-bond donors (Lipinski definition) is 1. The van der Waals surface area contributed by atoms with Crippen molar-refractivity contribution in [2.45, 2.75) is 36.4 Å². The van der Waals surface area contributed by atoms with Crippen molar-refractivity contribution in [1.29, 1.82) is 0 Å². The van der Waals surface area contributed by atoms with Crippen LogP contribution in [0.2, 0.25) is 5.02 Å². The Labute approximate surface area is 203 Å². The predicted octanol–water partition coefficient (Wildman–Crippen LogP) is 3.62. The lowest BCUT2D eigenvalue weighted by molar-refractivity contribution is -0.141. The van der Waals surface area contributed by atoms with Crippen molar-refractivity contribution < 1.29 is 36.2 Å². The predicted molar refractivity (Wildman–Crippen MR) is 117 cm³/mol. The van der Waals surface area contributed by atoms with E-state index in [4.69, 9.17) is 16.3 Å².